The fraction of sp³-hybridized carbons (Fsp3) is 0.500. The van der Waals surface area contributed by atoms with E-state index in [0.717, 1.165) is 0 Å². The monoisotopic (exact) mass is 298 g/mol. The van der Waals surface area contributed by atoms with Crippen LogP contribution < -0.4 is 15.4 Å². The van der Waals surface area contributed by atoms with E-state index in [1.807, 2.05) is 6.92 Å². The zero-order valence-electron chi connectivity index (χ0n) is 11.2. The highest BCUT2D eigenvalue weighted by molar-refractivity contribution is 7.89. The number of sulfonamides is 1. The largest absolute Gasteiger partial charge is 0.384 e. The number of rotatable bonds is 5. The first-order chi connectivity index (χ1) is 9.53. The first kappa shape index (κ1) is 14.7. The van der Waals surface area contributed by atoms with Crippen molar-refractivity contribution in [3.63, 3.8) is 0 Å². The average Bonchev–Trinajstić information content (AvgIpc) is 2.42. The van der Waals surface area contributed by atoms with Crippen molar-refractivity contribution in [1.29, 1.82) is 0 Å². The molecule has 7 nitrogen and oxygen atoms in total. The Bertz CT molecular complexity index is 578. The Labute approximate surface area is 118 Å². The molecule has 1 unspecified atom stereocenters. The second-order valence-corrected chi connectivity index (χ2v) is 6.25. The van der Waals surface area contributed by atoms with Gasteiger partial charge in [0.05, 0.1) is 5.69 Å². The highest BCUT2D eigenvalue weighted by Crippen LogP contribution is 2.20. The van der Waals surface area contributed by atoms with Gasteiger partial charge in [0, 0.05) is 37.9 Å². The van der Waals surface area contributed by atoms with Gasteiger partial charge in [-0.05, 0) is 19.4 Å². The molecule has 8 heteroatoms. The molecular formula is C12H18N4O3S. The molecule has 0 aliphatic carbocycles. The lowest BCUT2D eigenvalue weighted by atomic mass is 10.1. The minimum Gasteiger partial charge on any atom is -0.384 e. The predicted molar refractivity (Wildman–Crippen MR) is 74.8 cm³/mol. The first-order valence-corrected chi connectivity index (χ1v) is 7.98. The molecule has 0 aromatic carbocycles. The molecule has 1 aromatic rings. The fourth-order valence-corrected chi connectivity index (χ4v) is 3.44. The molecule has 1 amide bonds. The summed E-state index contributed by atoms with van der Waals surface area (Å²) in [5, 5.41) is 5.65. The minimum absolute atomic E-state index is 0.0461. The second-order valence-electron chi connectivity index (χ2n) is 4.56. The van der Waals surface area contributed by atoms with E-state index in [-0.39, 0.29) is 16.8 Å². The summed E-state index contributed by atoms with van der Waals surface area (Å²) in [5.41, 5.74) is 0.523. The molecule has 3 N–H and O–H groups in total. The topological polar surface area (TPSA) is 100 Å². The zero-order valence-corrected chi connectivity index (χ0v) is 12.0. The van der Waals surface area contributed by atoms with Gasteiger partial charge in [-0.25, -0.2) is 13.1 Å². The lowest BCUT2D eigenvalue weighted by Crippen LogP contribution is -2.47. The van der Waals surface area contributed by atoms with Gasteiger partial charge in [-0.15, -0.1) is 0 Å². The van der Waals surface area contributed by atoms with Crippen LogP contribution in [-0.4, -0.2) is 38.4 Å². The number of amides is 1. The van der Waals surface area contributed by atoms with Crippen molar-refractivity contribution in [2.45, 2.75) is 30.7 Å². The fourth-order valence-electron chi connectivity index (χ4n) is 2.05. The molecule has 2 heterocycles. The maximum absolute atomic E-state index is 12.4. The molecule has 110 valence electrons. The minimum atomic E-state index is -3.66. The summed E-state index contributed by atoms with van der Waals surface area (Å²) in [6.45, 7) is 2.82. The van der Waals surface area contributed by atoms with Crippen LogP contribution in [0.3, 0.4) is 0 Å². The van der Waals surface area contributed by atoms with Crippen LogP contribution in [0.2, 0.25) is 0 Å². The quantitative estimate of drug-likeness (QED) is 0.714. The summed E-state index contributed by atoms with van der Waals surface area (Å²) in [4.78, 5) is 15.1. The highest BCUT2D eigenvalue weighted by atomic mass is 32.2. The number of carbonyl (C=O) groups excluding carboxylic acids is 1. The number of hydrogen-bond acceptors (Lipinski definition) is 5. The Morgan fingerprint density at radius 2 is 2.30 bits per heavy atom. The van der Waals surface area contributed by atoms with Crippen molar-refractivity contribution in [3.05, 3.63) is 18.5 Å². The summed E-state index contributed by atoms with van der Waals surface area (Å²) >= 11 is 0. The third kappa shape index (κ3) is 3.45. The molecule has 2 rings (SSSR count). The number of hydrogen-bond donors (Lipinski definition) is 3. The molecule has 20 heavy (non-hydrogen) atoms. The Hall–Kier alpha value is -1.67. The number of carbonyl (C=O) groups is 1. The molecule has 1 aromatic heterocycles. The summed E-state index contributed by atoms with van der Waals surface area (Å²) in [5.74, 6) is -0.0461. The third-order valence-electron chi connectivity index (χ3n) is 3.03. The van der Waals surface area contributed by atoms with Gasteiger partial charge in [-0.2, -0.15) is 0 Å². The zero-order chi connectivity index (χ0) is 14.6. The van der Waals surface area contributed by atoms with Crippen molar-refractivity contribution in [2.75, 3.05) is 18.4 Å². The summed E-state index contributed by atoms with van der Waals surface area (Å²) in [6, 6.07) is 1.34. The van der Waals surface area contributed by atoms with Crippen LogP contribution in [0.1, 0.15) is 19.8 Å². The van der Waals surface area contributed by atoms with Gasteiger partial charge >= 0.3 is 0 Å². The number of piperidine rings is 1. The molecule has 0 radical (unpaired) electrons. The van der Waals surface area contributed by atoms with Crippen molar-refractivity contribution < 1.29 is 13.2 Å². The molecule has 1 atom stereocenters. The van der Waals surface area contributed by atoms with E-state index in [2.05, 4.69) is 20.3 Å². The highest BCUT2D eigenvalue weighted by Gasteiger charge is 2.26. The Morgan fingerprint density at radius 3 is 2.95 bits per heavy atom. The van der Waals surface area contributed by atoms with Gasteiger partial charge in [0.1, 0.15) is 4.90 Å². The van der Waals surface area contributed by atoms with Gasteiger partial charge < -0.3 is 10.6 Å². The van der Waals surface area contributed by atoms with Gasteiger partial charge in [-0.3, -0.25) is 9.78 Å². The Balaban J connectivity index is 2.16. The Kier molecular flexibility index (Phi) is 4.56. The number of anilines is 1. The first-order valence-electron chi connectivity index (χ1n) is 6.50. The van der Waals surface area contributed by atoms with E-state index in [1.165, 1.54) is 12.4 Å². The second kappa shape index (κ2) is 6.19. The summed E-state index contributed by atoms with van der Waals surface area (Å²) < 4.78 is 27.4. The predicted octanol–water partition coefficient (Wildman–Crippen LogP) is 0.0703. The van der Waals surface area contributed by atoms with Gasteiger partial charge in [0.25, 0.3) is 0 Å². The van der Waals surface area contributed by atoms with Crippen LogP contribution in [0.15, 0.2) is 23.4 Å². The van der Waals surface area contributed by atoms with Gasteiger partial charge in [0.2, 0.25) is 15.9 Å². The summed E-state index contributed by atoms with van der Waals surface area (Å²) in [7, 11) is -3.66. The van der Waals surface area contributed by atoms with E-state index in [0.29, 0.717) is 31.6 Å². The lowest BCUT2D eigenvalue weighted by molar-refractivity contribution is -0.122. The third-order valence-corrected chi connectivity index (χ3v) is 4.58. The normalized spacial score (nSPS) is 19.4. The maximum Gasteiger partial charge on any atom is 0.244 e. The number of pyridine rings is 1. The number of nitrogens with one attached hydrogen (secondary N) is 3. The van der Waals surface area contributed by atoms with Gasteiger partial charge in [-0.1, -0.05) is 0 Å². The van der Waals surface area contributed by atoms with Crippen molar-refractivity contribution in [1.82, 2.24) is 15.0 Å². The molecule has 0 bridgehead atoms. The number of aromatic nitrogens is 1. The summed E-state index contributed by atoms with van der Waals surface area (Å²) in [6.07, 6.45) is 3.70. The molecule has 1 aliphatic rings. The van der Waals surface area contributed by atoms with Crippen LogP contribution in [0.5, 0.6) is 0 Å². The molecule has 1 fully saturated rings. The van der Waals surface area contributed by atoms with E-state index >= 15 is 0 Å². The molecule has 0 spiro atoms. The van der Waals surface area contributed by atoms with E-state index in [9.17, 15) is 13.2 Å². The Morgan fingerprint density at radius 1 is 1.50 bits per heavy atom. The molecule has 0 saturated carbocycles. The smallest absolute Gasteiger partial charge is 0.244 e. The lowest BCUT2D eigenvalue weighted by Gasteiger charge is -2.23. The van der Waals surface area contributed by atoms with Crippen molar-refractivity contribution >= 4 is 21.6 Å². The molecular weight excluding hydrogens is 280 g/mol. The SMILES string of the molecule is CCNc1ccncc1S(=O)(=O)NC1CCC(=O)NC1. The van der Waals surface area contributed by atoms with E-state index < -0.39 is 10.0 Å². The van der Waals surface area contributed by atoms with Gasteiger partial charge in [0.15, 0.2) is 0 Å². The molecule has 1 saturated heterocycles. The number of nitrogens with zero attached hydrogens (tertiary/aromatic N) is 1. The van der Waals surface area contributed by atoms with Crippen molar-refractivity contribution in [3.8, 4) is 0 Å². The van der Waals surface area contributed by atoms with E-state index in [4.69, 9.17) is 0 Å². The average molecular weight is 298 g/mol. The van der Waals surface area contributed by atoms with E-state index in [1.54, 1.807) is 6.07 Å². The van der Waals surface area contributed by atoms with Crippen LogP contribution in [-0.2, 0) is 14.8 Å². The standard InChI is InChI=1S/C12H18N4O3S/c1-2-14-10-5-6-13-8-11(10)20(18,19)16-9-3-4-12(17)15-7-9/h5-6,8-9,16H,2-4,7H2,1H3,(H,13,14)(H,15,17). The van der Waals surface area contributed by atoms with Crippen LogP contribution in [0, 0.1) is 0 Å². The maximum atomic E-state index is 12.4. The van der Waals surface area contributed by atoms with Crippen LogP contribution >= 0.6 is 0 Å². The molecule has 1 aliphatic heterocycles. The van der Waals surface area contributed by atoms with Crippen LogP contribution in [0.4, 0.5) is 5.69 Å². The van der Waals surface area contributed by atoms with Crippen molar-refractivity contribution in [2.24, 2.45) is 0 Å². The van der Waals surface area contributed by atoms with Crippen LogP contribution in [0.25, 0.3) is 0 Å².